The third-order valence-electron chi connectivity index (χ3n) is 3.95. The van der Waals surface area contributed by atoms with Gasteiger partial charge in [-0.1, -0.05) is 29.8 Å². The van der Waals surface area contributed by atoms with Crippen molar-refractivity contribution in [3.63, 3.8) is 0 Å². The van der Waals surface area contributed by atoms with Crippen LogP contribution in [0, 0.1) is 6.92 Å². The van der Waals surface area contributed by atoms with Crippen molar-refractivity contribution in [2.45, 2.75) is 26.4 Å². The van der Waals surface area contributed by atoms with Crippen LogP contribution in [0.1, 0.15) is 22.9 Å². The predicted molar refractivity (Wildman–Crippen MR) is 96.6 cm³/mol. The fraction of sp³-hybridized carbons (Fsp3) is 0.444. The van der Waals surface area contributed by atoms with Crippen molar-refractivity contribution >= 4 is 22.4 Å². The van der Waals surface area contributed by atoms with Gasteiger partial charge in [-0.05, 0) is 19.4 Å². The summed E-state index contributed by atoms with van der Waals surface area (Å²) in [6.45, 7) is 6.79. The second-order valence-corrected chi connectivity index (χ2v) is 7.38. The maximum atomic E-state index is 12.2. The topological polar surface area (TPSA) is 54.5 Å². The number of rotatable bonds is 5. The first-order valence-electron chi connectivity index (χ1n) is 8.22. The van der Waals surface area contributed by atoms with Gasteiger partial charge in [-0.2, -0.15) is 0 Å². The summed E-state index contributed by atoms with van der Waals surface area (Å²) in [7, 11) is 0. The summed E-state index contributed by atoms with van der Waals surface area (Å²) in [5.74, 6) is -0.0134. The molecule has 0 unspecified atom stereocenters. The number of benzene rings is 1. The van der Waals surface area contributed by atoms with E-state index in [-0.39, 0.29) is 12.0 Å². The zero-order valence-electron chi connectivity index (χ0n) is 14.1. The third-order valence-corrected chi connectivity index (χ3v) is 4.87. The lowest BCUT2D eigenvalue weighted by molar-refractivity contribution is -0.119. The molecule has 0 bridgehead atoms. The Kier molecular flexibility index (Phi) is 5.60. The zero-order valence-corrected chi connectivity index (χ0v) is 14.9. The van der Waals surface area contributed by atoms with E-state index >= 15 is 0 Å². The number of carbonyl (C=O) groups is 1. The maximum Gasteiger partial charge on any atom is 0.240 e. The van der Waals surface area contributed by atoms with E-state index in [1.54, 1.807) is 0 Å². The van der Waals surface area contributed by atoms with Gasteiger partial charge in [-0.3, -0.25) is 9.69 Å². The van der Waals surface area contributed by atoms with Gasteiger partial charge in [0.05, 0.1) is 19.3 Å². The van der Waals surface area contributed by atoms with Crippen molar-refractivity contribution in [2.75, 3.05) is 31.6 Å². The minimum Gasteiger partial charge on any atom is -0.376 e. The van der Waals surface area contributed by atoms with Gasteiger partial charge in [0.1, 0.15) is 0 Å². The summed E-state index contributed by atoms with van der Waals surface area (Å²) in [6, 6.07) is 8.45. The SMILES string of the molecule is Cc1cccc(Cc2cnc(NC(=O)CN3CCO[C@H](C)C3)s2)c1. The van der Waals surface area contributed by atoms with E-state index in [0.717, 1.165) is 24.4 Å². The highest BCUT2D eigenvalue weighted by atomic mass is 32.1. The molecule has 1 aromatic heterocycles. The van der Waals surface area contributed by atoms with Crippen LogP contribution in [0.5, 0.6) is 0 Å². The number of nitrogens with zero attached hydrogens (tertiary/aromatic N) is 2. The van der Waals surface area contributed by atoms with Crippen molar-refractivity contribution in [3.8, 4) is 0 Å². The molecular formula is C18H23N3O2S. The van der Waals surface area contributed by atoms with Gasteiger partial charge >= 0.3 is 0 Å². The molecule has 0 radical (unpaired) electrons. The molecule has 1 fully saturated rings. The lowest BCUT2D eigenvalue weighted by Gasteiger charge is -2.30. The summed E-state index contributed by atoms with van der Waals surface area (Å²) in [6.07, 6.45) is 2.88. The lowest BCUT2D eigenvalue weighted by atomic mass is 10.1. The van der Waals surface area contributed by atoms with Crippen LogP contribution in [-0.4, -0.2) is 48.1 Å². The Morgan fingerprint density at radius 1 is 1.50 bits per heavy atom. The van der Waals surface area contributed by atoms with Crippen molar-refractivity contribution in [3.05, 3.63) is 46.5 Å². The molecule has 2 aromatic rings. The van der Waals surface area contributed by atoms with E-state index in [1.807, 2.05) is 13.1 Å². The Bertz CT molecular complexity index is 701. The molecule has 6 heteroatoms. The van der Waals surface area contributed by atoms with E-state index < -0.39 is 0 Å². The molecule has 128 valence electrons. The number of ether oxygens (including phenoxy) is 1. The molecule has 1 aliphatic rings. The summed E-state index contributed by atoms with van der Waals surface area (Å²) in [5.41, 5.74) is 2.52. The molecule has 5 nitrogen and oxygen atoms in total. The molecule has 3 rings (SSSR count). The largest absolute Gasteiger partial charge is 0.376 e. The van der Waals surface area contributed by atoms with Gasteiger partial charge in [-0.15, -0.1) is 11.3 Å². The summed E-state index contributed by atoms with van der Waals surface area (Å²) >= 11 is 1.54. The number of carbonyl (C=O) groups excluding carboxylic acids is 1. The number of aryl methyl sites for hydroxylation is 1. The molecule has 24 heavy (non-hydrogen) atoms. The number of aromatic nitrogens is 1. The van der Waals surface area contributed by atoms with Crippen LogP contribution < -0.4 is 5.32 Å². The van der Waals surface area contributed by atoms with Crippen molar-refractivity contribution in [1.82, 2.24) is 9.88 Å². The van der Waals surface area contributed by atoms with Crippen molar-refractivity contribution < 1.29 is 9.53 Å². The minimum atomic E-state index is -0.0134. The van der Waals surface area contributed by atoms with E-state index in [1.165, 1.54) is 22.5 Å². The second kappa shape index (κ2) is 7.88. The first-order valence-corrected chi connectivity index (χ1v) is 9.04. The van der Waals surface area contributed by atoms with E-state index in [0.29, 0.717) is 18.3 Å². The molecule has 1 saturated heterocycles. The normalized spacial score (nSPS) is 18.5. The standard InChI is InChI=1S/C18H23N3O2S/c1-13-4-3-5-15(8-13)9-16-10-19-18(24-16)20-17(22)12-21-6-7-23-14(2)11-21/h3-5,8,10,14H,6-7,9,11-12H2,1-2H3,(H,19,20,22)/t14-/m1/s1. The number of morpholine rings is 1. The van der Waals surface area contributed by atoms with Gasteiger partial charge < -0.3 is 10.1 Å². The van der Waals surface area contributed by atoms with Gasteiger partial charge in [-0.25, -0.2) is 4.98 Å². The summed E-state index contributed by atoms with van der Waals surface area (Å²) in [4.78, 5) is 19.8. The predicted octanol–water partition coefficient (Wildman–Crippen LogP) is 2.70. The minimum absolute atomic E-state index is 0.0134. The Morgan fingerprint density at radius 3 is 3.17 bits per heavy atom. The number of nitrogens with one attached hydrogen (secondary N) is 1. The van der Waals surface area contributed by atoms with Crippen LogP contribution in [0.3, 0.4) is 0 Å². The van der Waals surface area contributed by atoms with Crippen LogP contribution in [-0.2, 0) is 16.0 Å². The molecule has 0 saturated carbocycles. The van der Waals surface area contributed by atoms with Gasteiger partial charge in [0.15, 0.2) is 5.13 Å². The lowest BCUT2D eigenvalue weighted by Crippen LogP contribution is -2.44. The van der Waals surface area contributed by atoms with Gasteiger partial charge in [0, 0.05) is 30.6 Å². The average Bonchev–Trinajstić information content (AvgIpc) is 2.94. The monoisotopic (exact) mass is 345 g/mol. The molecule has 1 aliphatic heterocycles. The molecular weight excluding hydrogens is 322 g/mol. The number of thiazole rings is 1. The van der Waals surface area contributed by atoms with Crippen LogP contribution in [0.4, 0.5) is 5.13 Å². The van der Waals surface area contributed by atoms with Crippen molar-refractivity contribution in [2.24, 2.45) is 0 Å². The van der Waals surface area contributed by atoms with Crippen LogP contribution in [0.2, 0.25) is 0 Å². The smallest absolute Gasteiger partial charge is 0.240 e. The van der Waals surface area contributed by atoms with E-state index in [4.69, 9.17) is 4.74 Å². The fourth-order valence-corrected chi connectivity index (χ4v) is 3.73. The number of amides is 1. The molecule has 2 heterocycles. The number of hydrogen-bond acceptors (Lipinski definition) is 5. The second-order valence-electron chi connectivity index (χ2n) is 6.26. The first-order chi connectivity index (χ1) is 11.6. The Morgan fingerprint density at radius 2 is 2.38 bits per heavy atom. The molecule has 1 N–H and O–H groups in total. The molecule has 1 atom stereocenters. The van der Waals surface area contributed by atoms with Crippen LogP contribution in [0.15, 0.2) is 30.5 Å². The maximum absolute atomic E-state index is 12.2. The van der Waals surface area contributed by atoms with Crippen molar-refractivity contribution in [1.29, 1.82) is 0 Å². The molecule has 1 amide bonds. The highest BCUT2D eigenvalue weighted by molar-refractivity contribution is 7.15. The number of anilines is 1. The third kappa shape index (κ3) is 4.87. The van der Waals surface area contributed by atoms with E-state index in [9.17, 15) is 4.79 Å². The van der Waals surface area contributed by atoms with Gasteiger partial charge in [0.25, 0.3) is 0 Å². The van der Waals surface area contributed by atoms with Crippen LogP contribution >= 0.6 is 11.3 Å². The Balaban J connectivity index is 1.52. The fourth-order valence-electron chi connectivity index (χ4n) is 2.87. The van der Waals surface area contributed by atoms with Gasteiger partial charge in [0.2, 0.25) is 5.91 Å². The molecule has 0 aliphatic carbocycles. The average molecular weight is 345 g/mol. The summed E-state index contributed by atoms with van der Waals surface area (Å²) in [5, 5.41) is 3.58. The quantitative estimate of drug-likeness (QED) is 0.905. The molecule has 0 spiro atoms. The Labute approximate surface area is 146 Å². The highest BCUT2D eigenvalue weighted by Crippen LogP contribution is 2.21. The van der Waals surface area contributed by atoms with Crippen LogP contribution in [0.25, 0.3) is 0 Å². The zero-order chi connectivity index (χ0) is 16.9. The number of hydrogen-bond donors (Lipinski definition) is 1. The highest BCUT2D eigenvalue weighted by Gasteiger charge is 2.19. The van der Waals surface area contributed by atoms with E-state index in [2.05, 4.69) is 46.4 Å². The Hall–Kier alpha value is -1.76. The summed E-state index contributed by atoms with van der Waals surface area (Å²) < 4.78 is 5.49. The molecule has 1 aromatic carbocycles. The first kappa shape index (κ1) is 17.1.